The molecule has 0 heterocycles. The molecule has 0 amide bonds. The van der Waals surface area contributed by atoms with E-state index in [1.807, 2.05) is 17.8 Å². The van der Waals surface area contributed by atoms with Crippen LogP contribution in [0.1, 0.15) is 46.0 Å². The molecule has 18 heavy (non-hydrogen) atoms. The first-order valence-electron chi connectivity index (χ1n) is 6.92. The van der Waals surface area contributed by atoms with Crippen LogP contribution in [-0.4, -0.2) is 11.0 Å². The van der Waals surface area contributed by atoms with Gasteiger partial charge in [-0.25, -0.2) is 0 Å². The topological polar surface area (TPSA) is 17.1 Å². The normalized spacial score (nSPS) is 25.3. The third-order valence-corrected chi connectivity index (χ3v) is 5.60. The lowest BCUT2D eigenvalue weighted by Gasteiger charge is -2.32. The fourth-order valence-electron chi connectivity index (χ4n) is 2.81. The molecule has 1 aromatic carbocycles. The number of Topliss-reactive ketones (excluding diaryl/α,β-unsaturated/α-hetero) is 1. The van der Waals surface area contributed by atoms with Gasteiger partial charge in [0.1, 0.15) is 5.78 Å². The highest BCUT2D eigenvalue weighted by molar-refractivity contribution is 8.00. The zero-order valence-electron chi connectivity index (χ0n) is 11.3. The van der Waals surface area contributed by atoms with E-state index in [2.05, 4.69) is 38.1 Å². The molecule has 0 saturated heterocycles. The summed E-state index contributed by atoms with van der Waals surface area (Å²) < 4.78 is 0. The molecule has 1 aliphatic rings. The van der Waals surface area contributed by atoms with Gasteiger partial charge in [0.05, 0.1) is 0 Å². The Morgan fingerprint density at radius 3 is 2.61 bits per heavy atom. The molecule has 2 atom stereocenters. The second-order valence-electron chi connectivity index (χ2n) is 5.40. The highest BCUT2D eigenvalue weighted by Gasteiger charge is 2.43. The van der Waals surface area contributed by atoms with Gasteiger partial charge in [0.25, 0.3) is 0 Å². The van der Waals surface area contributed by atoms with Gasteiger partial charge in [-0.05, 0) is 31.4 Å². The van der Waals surface area contributed by atoms with Crippen LogP contribution in [0.5, 0.6) is 0 Å². The first kappa shape index (κ1) is 13.7. The lowest BCUT2D eigenvalue weighted by molar-refractivity contribution is -0.125. The van der Waals surface area contributed by atoms with Crippen molar-refractivity contribution in [3.63, 3.8) is 0 Å². The van der Waals surface area contributed by atoms with E-state index in [-0.39, 0.29) is 5.41 Å². The van der Waals surface area contributed by atoms with Gasteiger partial charge in [-0.2, -0.15) is 0 Å². The Balaban J connectivity index is 2.15. The standard InChI is InChI=1S/C16H22OS/c1-3-8-15(16(2)12-7-11-14(16)17)18-13-9-5-4-6-10-13/h4-6,9-10,15H,3,7-8,11-12H2,1-2H3. The Hall–Kier alpha value is -0.760. The van der Waals surface area contributed by atoms with Crippen LogP contribution in [0.3, 0.4) is 0 Å². The van der Waals surface area contributed by atoms with E-state index in [9.17, 15) is 4.79 Å². The largest absolute Gasteiger partial charge is 0.299 e. The molecular formula is C16H22OS. The summed E-state index contributed by atoms with van der Waals surface area (Å²) in [5.41, 5.74) is -0.101. The predicted octanol–water partition coefficient (Wildman–Crippen LogP) is 4.71. The van der Waals surface area contributed by atoms with Gasteiger partial charge in [-0.15, -0.1) is 11.8 Å². The van der Waals surface area contributed by atoms with Crippen LogP contribution in [0, 0.1) is 5.41 Å². The Labute approximate surface area is 114 Å². The van der Waals surface area contributed by atoms with E-state index in [0.717, 1.165) is 32.1 Å². The van der Waals surface area contributed by atoms with Gasteiger partial charge in [-0.3, -0.25) is 4.79 Å². The van der Waals surface area contributed by atoms with E-state index in [1.54, 1.807) is 0 Å². The molecule has 1 aromatic rings. The van der Waals surface area contributed by atoms with E-state index in [0.29, 0.717) is 11.0 Å². The maximum Gasteiger partial charge on any atom is 0.139 e. The first-order chi connectivity index (χ1) is 8.66. The lowest BCUT2D eigenvalue weighted by Crippen LogP contribution is -2.33. The number of thioether (sulfide) groups is 1. The maximum atomic E-state index is 12.2. The van der Waals surface area contributed by atoms with Crippen molar-refractivity contribution in [1.82, 2.24) is 0 Å². The molecule has 2 rings (SSSR count). The monoisotopic (exact) mass is 262 g/mol. The molecule has 0 radical (unpaired) electrons. The van der Waals surface area contributed by atoms with Crippen molar-refractivity contribution in [2.75, 3.05) is 0 Å². The number of benzene rings is 1. The average molecular weight is 262 g/mol. The quantitative estimate of drug-likeness (QED) is 0.715. The third-order valence-electron chi connectivity index (χ3n) is 4.02. The molecule has 2 unspecified atom stereocenters. The summed E-state index contributed by atoms with van der Waals surface area (Å²) >= 11 is 1.89. The Kier molecular flexibility index (Phi) is 4.50. The van der Waals surface area contributed by atoms with Crippen molar-refractivity contribution in [3.8, 4) is 0 Å². The fourth-order valence-corrected chi connectivity index (χ4v) is 4.32. The predicted molar refractivity (Wildman–Crippen MR) is 78.0 cm³/mol. The minimum Gasteiger partial charge on any atom is -0.299 e. The summed E-state index contributed by atoms with van der Waals surface area (Å²) in [5, 5.41) is 0.430. The van der Waals surface area contributed by atoms with Gasteiger partial charge in [0, 0.05) is 22.0 Å². The highest BCUT2D eigenvalue weighted by Crippen LogP contribution is 2.46. The molecule has 0 bridgehead atoms. The number of rotatable bonds is 5. The second kappa shape index (κ2) is 5.92. The smallest absolute Gasteiger partial charge is 0.139 e. The number of hydrogen-bond acceptors (Lipinski definition) is 2. The maximum absolute atomic E-state index is 12.2. The van der Waals surface area contributed by atoms with Crippen LogP contribution in [0.2, 0.25) is 0 Å². The molecule has 0 N–H and O–H groups in total. The molecule has 0 spiro atoms. The summed E-state index contributed by atoms with van der Waals surface area (Å²) in [5.74, 6) is 0.476. The van der Waals surface area contributed by atoms with Crippen molar-refractivity contribution in [3.05, 3.63) is 30.3 Å². The zero-order valence-corrected chi connectivity index (χ0v) is 12.1. The first-order valence-corrected chi connectivity index (χ1v) is 7.80. The van der Waals surface area contributed by atoms with Crippen molar-refractivity contribution < 1.29 is 4.79 Å². The van der Waals surface area contributed by atoms with Crippen LogP contribution in [0.4, 0.5) is 0 Å². The summed E-state index contributed by atoms with van der Waals surface area (Å²) in [4.78, 5) is 13.5. The number of ketones is 1. The van der Waals surface area contributed by atoms with Gasteiger partial charge >= 0.3 is 0 Å². The third kappa shape index (κ3) is 2.80. The number of hydrogen-bond donors (Lipinski definition) is 0. The van der Waals surface area contributed by atoms with Crippen LogP contribution in [-0.2, 0) is 4.79 Å². The minimum absolute atomic E-state index is 0.101. The van der Waals surface area contributed by atoms with Crippen LogP contribution >= 0.6 is 11.8 Å². The summed E-state index contributed by atoms with van der Waals surface area (Å²) in [6.07, 6.45) is 5.20. The average Bonchev–Trinajstić information content (AvgIpc) is 2.72. The highest BCUT2D eigenvalue weighted by atomic mass is 32.2. The molecule has 0 aliphatic heterocycles. The Morgan fingerprint density at radius 1 is 1.33 bits per heavy atom. The van der Waals surface area contributed by atoms with E-state index in [1.165, 1.54) is 4.90 Å². The van der Waals surface area contributed by atoms with Crippen molar-refractivity contribution >= 4 is 17.5 Å². The molecule has 1 saturated carbocycles. The second-order valence-corrected chi connectivity index (χ2v) is 6.68. The SMILES string of the molecule is CCCC(Sc1ccccc1)C1(C)CCCC1=O. The lowest BCUT2D eigenvalue weighted by atomic mass is 9.82. The van der Waals surface area contributed by atoms with Gasteiger partial charge < -0.3 is 0 Å². The number of carbonyl (C=O) groups is 1. The zero-order chi connectivity index (χ0) is 13.0. The number of carbonyl (C=O) groups excluding carboxylic acids is 1. The van der Waals surface area contributed by atoms with Crippen molar-refractivity contribution in [2.45, 2.75) is 56.1 Å². The molecule has 1 fully saturated rings. The van der Waals surface area contributed by atoms with Crippen LogP contribution in [0.25, 0.3) is 0 Å². The molecular weight excluding hydrogens is 240 g/mol. The van der Waals surface area contributed by atoms with Crippen LogP contribution in [0.15, 0.2) is 35.2 Å². The van der Waals surface area contributed by atoms with Crippen molar-refractivity contribution in [2.24, 2.45) is 5.41 Å². The molecule has 2 heteroatoms. The Morgan fingerprint density at radius 2 is 2.06 bits per heavy atom. The molecule has 0 aromatic heterocycles. The molecule has 1 nitrogen and oxygen atoms in total. The fraction of sp³-hybridized carbons (Fsp3) is 0.562. The van der Waals surface area contributed by atoms with Gasteiger partial charge in [0.2, 0.25) is 0 Å². The molecule has 1 aliphatic carbocycles. The summed E-state index contributed by atoms with van der Waals surface area (Å²) in [7, 11) is 0. The summed E-state index contributed by atoms with van der Waals surface area (Å²) in [6.45, 7) is 4.39. The molecule has 98 valence electrons. The summed E-state index contributed by atoms with van der Waals surface area (Å²) in [6, 6.07) is 10.5. The van der Waals surface area contributed by atoms with Crippen LogP contribution < -0.4 is 0 Å². The van der Waals surface area contributed by atoms with E-state index < -0.39 is 0 Å². The van der Waals surface area contributed by atoms with Gasteiger partial charge in [-0.1, -0.05) is 38.5 Å². The Bertz CT molecular complexity index is 401. The minimum atomic E-state index is -0.101. The van der Waals surface area contributed by atoms with Gasteiger partial charge in [0.15, 0.2) is 0 Å². The van der Waals surface area contributed by atoms with E-state index >= 15 is 0 Å². The van der Waals surface area contributed by atoms with E-state index in [4.69, 9.17) is 0 Å². The van der Waals surface area contributed by atoms with Crippen molar-refractivity contribution in [1.29, 1.82) is 0 Å².